The molecule has 9 heteroatoms. The third-order valence-corrected chi connectivity index (χ3v) is 3.96. The lowest BCUT2D eigenvalue weighted by Gasteiger charge is -2.15. The Bertz CT molecular complexity index is 786. The number of carbonyl (C=O) groups excluding carboxylic acids is 4. The zero-order valence-electron chi connectivity index (χ0n) is 13.5. The number of esters is 2. The fourth-order valence-corrected chi connectivity index (χ4v) is 2.78. The van der Waals surface area contributed by atoms with Crippen LogP contribution in [0, 0.1) is 5.92 Å². The fourth-order valence-electron chi connectivity index (χ4n) is 2.78. The number of amides is 2. The summed E-state index contributed by atoms with van der Waals surface area (Å²) in [6.45, 7) is 1.77. The number of hydrogen-bond donors (Lipinski definition) is 1. The number of methoxy groups -OCH3 is 1. The van der Waals surface area contributed by atoms with E-state index >= 15 is 0 Å². The maximum absolute atomic E-state index is 12.7. The second-order valence-electron chi connectivity index (χ2n) is 5.35. The molecule has 1 N–H and O–H groups in total. The van der Waals surface area contributed by atoms with Crippen LogP contribution in [0.25, 0.3) is 0 Å². The molecule has 0 saturated carbocycles. The molecule has 9 nitrogen and oxygen atoms in total. The molecule has 2 aliphatic rings. The molecule has 1 fully saturated rings. The number of fused-ring (bicyclic) bond motifs is 1. The second kappa shape index (κ2) is 6.34. The molecule has 0 unspecified atom stereocenters. The maximum Gasteiger partial charge on any atom is 0.355 e. The molecule has 3 rings (SSSR count). The Morgan fingerprint density at radius 2 is 1.84 bits per heavy atom. The van der Waals surface area contributed by atoms with Crippen LogP contribution >= 0.6 is 0 Å². The highest BCUT2D eigenvalue weighted by Gasteiger charge is 2.55. The summed E-state index contributed by atoms with van der Waals surface area (Å²) in [4.78, 5) is 49.5. The summed E-state index contributed by atoms with van der Waals surface area (Å²) in [5.41, 5.74) is 3.00. The van der Waals surface area contributed by atoms with Crippen LogP contribution in [-0.2, 0) is 23.9 Å². The molecule has 0 spiro atoms. The van der Waals surface area contributed by atoms with Crippen molar-refractivity contribution in [3.63, 3.8) is 0 Å². The minimum atomic E-state index is -1.02. The van der Waals surface area contributed by atoms with Gasteiger partial charge in [-0.15, -0.1) is 0 Å². The number of anilines is 1. The summed E-state index contributed by atoms with van der Waals surface area (Å²) in [5.74, 6) is -3.37. The van der Waals surface area contributed by atoms with E-state index in [0.717, 1.165) is 4.90 Å². The number of imide groups is 1. The number of rotatable bonds is 4. The molecular weight excluding hydrogens is 330 g/mol. The normalized spacial score (nSPS) is 21.5. The van der Waals surface area contributed by atoms with Crippen LogP contribution in [0.4, 0.5) is 5.69 Å². The van der Waals surface area contributed by atoms with Gasteiger partial charge in [0.1, 0.15) is 12.0 Å². The molecule has 0 radical (unpaired) electrons. The number of nitrogens with one attached hydrogen (secondary N) is 1. The smallest absolute Gasteiger partial charge is 0.355 e. The number of nitrogens with zero attached hydrogens (tertiary/aromatic N) is 2. The van der Waals surface area contributed by atoms with E-state index in [0.29, 0.717) is 5.69 Å². The zero-order chi connectivity index (χ0) is 18.1. The van der Waals surface area contributed by atoms with Gasteiger partial charge in [0.2, 0.25) is 5.91 Å². The second-order valence-corrected chi connectivity index (χ2v) is 5.35. The van der Waals surface area contributed by atoms with Gasteiger partial charge in [-0.3, -0.25) is 15.0 Å². The molecule has 1 aromatic rings. The summed E-state index contributed by atoms with van der Waals surface area (Å²) >= 11 is 0. The van der Waals surface area contributed by atoms with E-state index in [2.05, 4.69) is 15.3 Å². The van der Waals surface area contributed by atoms with Crippen molar-refractivity contribution in [1.29, 1.82) is 0 Å². The van der Waals surface area contributed by atoms with E-state index in [4.69, 9.17) is 4.74 Å². The Balaban J connectivity index is 1.87. The number of hydrogen-bond acceptors (Lipinski definition) is 8. The predicted octanol–water partition coefficient (Wildman–Crippen LogP) is -0.147. The van der Waals surface area contributed by atoms with Crippen molar-refractivity contribution in [3.8, 4) is 0 Å². The Labute approximate surface area is 142 Å². The van der Waals surface area contributed by atoms with E-state index in [-0.39, 0.29) is 17.9 Å². The minimum absolute atomic E-state index is 0.112. The van der Waals surface area contributed by atoms with E-state index in [1.54, 1.807) is 6.92 Å². The molecule has 25 heavy (non-hydrogen) atoms. The Morgan fingerprint density at radius 3 is 2.44 bits per heavy atom. The van der Waals surface area contributed by atoms with Crippen LogP contribution in [0.1, 0.15) is 17.3 Å². The van der Waals surface area contributed by atoms with Crippen molar-refractivity contribution in [2.45, 2.75) is 13.0 Å². The summed E-state index contributed by atoms with van der Waals surface area (Å²) in [5, 5.41) is 3.78. The van der Waals surface area contributed by atoms with Gasteiger partial charge in [0, 0.05) is 0 Å². The minimum Gasteiger partial charge on any atom is -0.465 e. The number of benzene rings is 1. The van der Waals surface area contributed by atoms with Crippen LogP contribution in [-0.4, -0.2) is 49.2 Å². The topological polar surface area (TPSA) is 114 Å². The molecule has 0 aromatic heterocycles. The Hall–Kier alpha value is -3.23. The lowest BCUT2D eigenvalue weighted by molar-refractivity contribution is -0.136. The summed E-state index contributed by atoms with van der Waals surface area (Å²) in [6.07, 6.45) is 0. The first-order valence-corrected chi connectivity index (χ1v) is 7.56. The molecule has 2 atom stereocenters. The van der Waals surface area contributed by atoms with Crippen molar-refractivity contribution in [1.82, 2.24) is 5.43 Å². The van der Waals surface area contributed by atoms with Crippen LogP contribution in [0.15, 0.2) is 29.4 Å². The van der Waals surface area contributed by atoms with Crippen LogP contribution < -0.4 is 10.3 Å². The first-order valence-electron chi connectivity index (χ1n) is 7.56. The van der Waals surface area contributed by atoms with Crippen molar-refractivity contribution in [2.75, 3.05) is 18.6 Å². The highest BCUT2D eigenvalue weighted by atomic mass is 16.5. The van der Waals surface area contributed by atoms with Gasteiger partial charge in [0.05, 0.1) is 25.0 Å². The third-order valence-electron chi connectivity index (χ3n) is 3.96. The predicted molar refractivity (Wildman–Crippen MR) is 84.8 cm³/mol. The van der Waals surface area contributed by atoms with Crippen LogP contribution in [0.5, 0.6) is 0 Å². The van der Waals surface area contributed by atoms with Gasteiger partial charge in [0.25, 0.3) is 5.91 Å². The molecular formula is C16H15N3O6. The zero-order valence-corrected chi connectivity index (χ0v) is 13.5. The van der Waals surface area contributed by atoms with Crippen molar-refractivity contribution in [2.24, 2.45) is 11.0 Å². The summed E-state index contributed by atoms with van der Waals surface area (Å²) in [7, 11) is 1.26. The number of carbonyl (C=O) groups is 4. The maximum atomic E-state index is 12.7. The molecule has 2 aliphatic heterocycles. The first kappa shape index (κ1) is 16.6. The van der Waals surface area contributed by atoms with E-state index in [1.165, 1.54) is 31.4 Å². The highest BCUT2D eigenvalue weighted by Crippen LogP contribution is 2.31. The summed E-state index contributed by atoms with van der Waals surface area (Å²) in [6, 6.07) is 4.88. The standard InChI is InChI=1S/C16H15N3O6/c1-3-25-16(23)12-10-11(17-18-12)14(21)19(13(10)20)9-6-4-8(5-7-9)15(22)24-2/h4-7,10-11,17H,3H2,1-2H3/t10-,11-/m1/s1. The molecule has 2 amide bonds. The van der Waals surface area contributed by atoms with Gasteiger partial charge >= 0.3 is 11.9 Å². The first-order chi connectivity index (χ1) is 12.0. The van der Waals surface area contributed by atoms with Gasteiger partial charge in [-0.2, -0.15) is 5.10 Å². The monoisotopic (exact) mass is 345 g/mol. The van der Waals surface area contributed by atoms with Crippen molar-refractivity contribution in [3.05, 3.63) is 29.8 Å². The van der Waals surface area contributed by atoms with Crippen molar-refractivity contribution < 1.29 is 28.7 Å². The molecule has 1 saturated heterocycles. The lowest BCUT2D eigenvalue weighted by atomic mass is 9.99. The average molecular weight is 345 g/mol. The van der Waals surface area contributed by atoms with Gasteiger partial charge in [-0.1, -0.05) is 0 Å². The van der Waals surface area contributed by atoms with Gasteiger partial charge in [-0.05, 0) is 31.2 Å². The van der Waals surface area contributed by atoms with Gasteiger partial charge < -0.3 is 9.47 Å². The van der Waals surface area contributed by atoms with Crippen LogP contribution in [0.2, 0.25) is 0 Å². The van der Waals surface area contributed by atoms with E-state index in [1.807, 2.05) is 0 Å². The largest absolute Gasteiger partial charge is 0.465 e. The fraction of sp³-hybridized carbons (Fsp3) is 0.312. The highest BCUT2D eigenvalue weighted by molar-refractivity contribution is 6.46. The number of ether oxygens (including phenoxy) is 2. The SMILES string of the molecule is CCOC(=O)C1=NN[C@H]2C(=O)N(c3ccc(C(=O)OC)cc3)C(=O)[C@@H]12. The molecule has 130 valence electrons. The summed E-state index contributed by atoms with van der Waals surface area (Å²) < 4.78 is 9.47. The average Bonchev–Trinajstić information content (AvgIpc) is 3.15. The molecule has 2 heterocycles. The van der Waals surface area contributed by atoms with E-state index in [9.17, 15) is 19.2 Å². The Morgan fingerprint density at radius 1 is 1.16 bits per heavy atom. The van der Waals surface area contributed by atoms with Crippen molar-refractivity contribution >= 4 is 35.2 Å². The van der Waals surface area contributed by atoms with Gasteiger partial charge in [0.15, 0.2) is 5.71 Å². The van der Waals surface area contributed by atoms with E-state index < -0.39 is 35.7 Å². The Kier molecular flexibility index (Phi) is 4.22. The third kappa shape index (κ3) is 2.63. The quantitative estimate of drug-likeness (QED) is 0.596. The molecule has 1 aromatic carbocycles. The number of hydrazone groups is 1. The molecule has 0 bridgehead atoms. The van der Waals surface area contributed by atoms with Gasteiger partial charge in [-0.25, -0.2) is 14.5 Å². The molecule has 0 aliphatic carbocycles. The van der Waals surface area contributed by atoms with Crippen LogP contribution in [0.3, 0.4) is 0 Å². The lowest BCUT2D eigenvalue weighted by Crippen LogP contribution is -2.36.